The number of aryl methyl sites for hydroxylation is 1. The minimum atomic E-state index is -0.273. The van der Waals surface area contributed by atoms with Crippen molar-refractivity contribution in [3.63, 3.8) is 0 Å². The normalized spacial score (nSPS) is 12.3. The molecule has 0 saturated heterocycles. The second kappa shape index (κ2) is 6.17. The number of benzene rings is 2. The van der Waals surface area contributed by atoms with E-state index in [1.54, 1.807) is 13.2 Å². The summed E-state index contributed by atoms with van der Waals surface area (Å²) in [6.07, 6.45) is 0. The predicted molar refractivity (Wildman–Crippen MR) is 84.6 cm³/mol. The van der Waals surface area contributed by atoms with Crippen LogP contribution in [0.25, 0.3) is 0 Å². The number of halogens is 3. The van der Waals surface area contributed by atoms with Crippen LogP contribution in [0.1, 0.15) is 22.1 Å². The first-order chi connectivity index (χ1) is 9.02. The number of hydrogen-bond acceptors (Lipinski definition) is 1. The van der Waals surface area contributed by atoms with Crippen molar-refractivity contribution in [1.82, 2.24) is 0 Å². The summed E-state index contributed by atoms with van der Waals surface area (Å²) < 4.78 is 6.21. The highest BCUT2D eigenvalue weighted by Crippen LogP contribution is 2.36. The zero-order valence-electron chi connectivity index (χ0n) is 10.6. The minimum Gasteiger partial charge on any atom is -0.497 e. The summed E-state index contributed by atoms with van der Waals surface area (Å²) in [7, 11) is 1.61. The number of ether oxygens (including phenoxy) is 1. The lowest BCUT2D eigenvalue weighted by Crippen LogP contribution is -1.96. The molecule has 0 aliphatic heterocycles. The summed E-state index contributed by atoms with van der Waals surface area (Å²) in [5.41, 5.74) is 3.05. The van der Waals surface area contributed by atoms with Gasteiger partial charge in [0.15, 0.2) is 0 Å². The van der Waals surface area contributed by atoms with E-state index in [1.165, 1.54) is 0 Å². The zero-order chi connectivity index (χ0) is 14.0. The maximum atomic E-state index is 6.52. The van der Waals surface area contributed by atoms with Gasteiger partial charge in [0.25, 0.3) is 0 Å². The number of rotatable bonds is 3. The highest BCUT2D eigenvalue weighted by Gasteiger charge is 2.15. The molecule has 1 nitrogen and oxygen atoms in total. The molecular formula is C15H13BrCl2O. The van der Waals surface area contributed by atoms with Gasteiger partial charge in [-0.2, -0.15) is 0 Å². The largest absolute Gasteiger partial charge is 0.497 e. The van der Waals surface area contributed by atoms with Gasteiger partial charge in [0.1, 0.15) is 5.75 Å². The third-order valence-corrected chi connectivity index (χ3v) is 4.66. The van der Waals surface area contributed by atoms with Crippen LogP contribution in [-0.2, 0) is 0 Å². The molecule has 2 aromatic rings. The fourth-order valence-electron chi connectivity index (χ4n) is 1.85. The molecule has 0 N–H and O–H groups in total. The zero-order valence-corrected chi connectivity index (χ0v) is 13.7. The van der Waals surface area contributed by atoms with Crippen LogP contribution in [0.5, 0.6) is 5.75 Å². The summed E-state index contributed by atoms with van der Waals surface area (Å²) >= 11 is 16.2. The van der Waals surface area contributed by atoms with Crippen molar-refractivity contribution in [2.45, 2.75) is 12.3 Å². The molecule has 0 fully saturated rings. The van der Waals surface area contributed by atoms with Crippen LogP contribution in [0.3, 0.4) is 0 Å². The Kier molecular flexibility index (Phi) is 4.77. The summed E-state index contributed by atoms with van der Waals surface area (Å²) in [5, 5.41) is 0.338. The Balaban J connectivity index is 2.38. The highest BCUT2D eigenvalue weighted by molar-refractivity contribution is 9.10. The molecule has 1 unspecified atom stereocenters. The summed E-state index contributed by atoms with van der Waals surface area (Å²) in [6, 6.07) is 11.6. The number of hydrogen-bond donors (Lipinski definition) is 0. The van der Waals surface area contributed by atoms with Gasteiger partial charge in [0, 0.05) is 9.50 Å². The average molecular weight is 360 g/mol. The van der Waals surface area contributed by atoms with E-state index in [4.69, 9.17) is 27.9 Å². The van der Waals surface area contributed by atoms with Crippen LogP contribution in [0.2, 0.25) is 5.02 Å². The average Bonchev–Trinajstić information content (AvgIpc) is 2.41. The van der Waals surface area contributed by atoms with Gasteiger partial charge < -0.3 is 4.74 Å². The Morgan fingerprint density at radius 1 is 1.16 bits per heavy atom. The fourth-order valence-corrected chi connectivity index (χ4v) is 2.75. The van der Waals surface area contributed by atoms with E-state index >= 15 is 0 Å². The van der Waals surface area contributed by atoms with Crippen LogP contribution in [-0.4, -0.2) is 7.11 Å². The number of methoxy groups -OCH3 is 1. The Hall–Kier alpha value is -0.700. The molecule has 2 rings (SSSR count). The van der Waals surface area contributed by atoms with Gasteiger partial charge in [-0.1, -0.05) is 45.7 Å². The molecule has 0 heterocycles. The van der Waals surface area contributed by atoms with Gasteiger partial charge in [-0.15, -0.1) is 11.6 Å². The van der Waals surface area contributed by atoms with Crippen molar-refractivity contribution in [3.05, 3.63) is 62.6 Å². The minimum absolute atomic E-state index is 0.273. The SMILES string of the molecule is COc1ccc(C(Cl)c2ccc(Br)c(C)c2)c(Cl)c1. The van der Waals surface area contributed by atoms with Gasteiger partial charge in [-0.25, -0.2) is 0 Å². The molecule has 0 saturated carbocycles. The van der Waals surface area contributed by atoms with E-state index in [2.05, 4.69) is 22.0 Å². The second-order valence-corrected chi connectivity index (χ2v) is 5.96. The lowest BCUT2D eigenvalue weighted by Gasteiger charge is -2.14. The first kappa shape index (κ1) is 14.7. The molecule has 0 bridgehead atoms. The lowest BCUT2D eigenvalue weighted by atomic mass is 10.0. The van der Waals surface area contributed by atoms with Gasteiger partial charge in [0.05, 0.1) is 12.5 Å². The van der Waals surface area contributed by atoms with E-state index in [-0.39, 0.29) is 5.38 Å². The van der Waals surface area contributed by atoms with Crippen LogP contribution >= 0.6 is 39.1 Å². The topological polar surface area (TPSA) is 9.23 Å². The Bertz CT molecular complexity index is 599. The first-order valence-corrected chi connectivity index (χ1v) is 7.37. The van der Waals surface area contributed by atoms with Crippen LogP contribution in [0.15, 0.2) is 40.9 Å². The van der Waals surface area contributed by atoms with E-state index in [9.17, 15) is 0 Å². The third kappa shape index (κ3) is 3.25. The van der Waals surface area contributed by atoms with Crippen molar-refractivity contribution >= 4 is 39.1 Å². The van der Waals surface area contributed by atoms with Crippen LogP contribution in [0.4, 0.5) is 0 Å². The van der Waals surface area contributed by atoms with E-state index in [0.717, 1.165) is 26.9 Å². The van der Waals surface area contributed by atoms with Crippen LogP contribution < -0.4 is 4.74 Å². The van der Waals surface area contributed by atoms with Crippen LogP contribution in [0, 0.1) is 6.92 Å². The van der Waals surface area contributed by atoms with E-state index < -0.39 is 0 Å². The fraction of sp³-hybridized carbons (Fsp3) is 0.200. The standard InChI is InChI=1S/C15H13BrCl2O/c1-9-7-10(3-6-13(9)16)15(18)12-5-4-11(19-2)8-14(12)17/h3-8,15H,1-2H3. The molecular weight excluding hydrogens is 347 g/mol. The van der Waals surface area contributed by atoms with Crippen molar-refractivity contribution in [2.24, 2.45) is 0 Å². The van der Waals surface area contributed by atoms with Crippen molar-refractivity contribution in [2.75, 3.05) is 7.11 Å². The van der Waals surface area contributed by atoms with Crippen molar-refractivity contribution in [1.29, 1.82) is 0 Å². The molecule has 0 radical (unpaired) electrons. The number of alkyl halides is 1. The van der Waals surface area contributed by atoms with E-state index in [1.807, 2.05) is 31.2 Å². The predicted octanol–water partition coefficient (Wildman–Crippen LogP) is 5.75. The van der Waals surface area contributed by atoms with Gasteiger partial charge >= 0.3 is 0 Å². The molecule has 1 atom stereocenters. The Morgan fingerprint density at radius 2 is 1.89 bits per heavy atom. The smallest absolute Gasteiger partial charge is 0.120 e. The monoisotopic (exact) mass is 358 g/mol. The first-order valence-electron chi connectivity index (χ1n) is 5.76. The third-order valence-electron chi connectivity index (χ3n) is 2.96. The molecule has 4 heteroatoms. The second-order valence-electron chi connectivity index (χ2n) is 4.26. The van der Waals surface area contributed by atoms with Gasteiger partial charge in [-0.3, -0.25) is 0 Å². The molecule has 2 aromatic carbocycles. The quantitative estimate of drug-likeness (QED) is 0.634. The van der Waals surface area contributed by atoms with Gasteiger partial charge in [0.2, 0.25) is 0 Å². The highest BCUT2D eigenvalue weighted by atomic mass is 79.9. The van der Waals surface area contributed by atoms with Crippen molar-refractivity contribution in [3.8, 4) is 5.75 Å². The summed E-state index contributed by atoms with van der Waals surface area (Å²) in [6.45, 7) is 2.03. The Labute approximate surface area is 131 Å². The maximum absolute atomic E-state index is 6.52. The molecule has 0 amide bonds. The summed E-state index contributed by atoms with van der Waals surface area (Å²) in [5.74, 6) is 0.726. The maximum Gasteiger partial charge on any atom is 0.120 e. The van der Waals surface area contributed by atoms with Crippen molar-refractivity contribution < 1.29 is 4.74 Å². The molecule has 0 aliphatic rings. The molecule has 0 aromatic heterocycles. The lowest BCUT2D eigenvalue weighted by molar-refractivity contribution is 0.414. The molecule has 100 valence electrons. The molecule has 0 aliphatic carbocycles. The molecule has 0 spiro atoms. The molecule has 19 heavy (non-hydrogen) atoms. The van der Waals surface area contributed by atoms with E-state index in [0.29, 0.717) is 5.02 Å². The Morgan fingerprint density at radius 3 is 2.47 bits per heavy atom. The van der Waals surface area contributed by atoms with Gasteiger partial charge in [-0.05, 0) is 41.8 Å². The summed E-state index contributed by atoms with van der Waals surface area (Å²) in [4.78, 5) is 0.